The summed E-state index contributed by atoms with van der Waals surface area (Å²) in [5.74, 6) is -1.00. The maximum atomic E-state index is 12.2. The fraction of sp³-hybridized carbons (Fsp3) is 0.238. The van der Waals surface area contributed by atoms with E-state index < -0.39 is 18.5 Å². The first kappa shape index (κ1) is 19.3. The van der Waals surface area contributed by atoms with Gasteiger partial charge in [-0.1, -0.05) is 36.4 Å². The lowest BCUT2D eigenvalue weighted by Gasteiger charge is -2.12. The number of ether oxygens (including phenoxy) is 1. The molecule has 0 aliphatic carbocycles. The first-order valence-corrected chi connectivity index (χ1v) is 8.83. The van der Waals surface area contributed by atoms with Gasteiger partial charge in [0.1, 0.15) is 0 Å². The van der Waals surface area contributed by atoms with Crippen LogP contribution in [0.3, 0.4) is 0 Å². The van der Waals surface area contributed by atoms with Gasteiger partial charge in [0.2, 0.25) is 0 Å². The van der Waals surface area contributed by atoms with Crippen LogP contribution in [-0.4, -0.2) is 28.3 Å². The van der Waals surface area contributed by atoms with Crippen LogP contribution in [0, 0.1) is 13.8 Å². The highest BCUT2D eigenvalue weighted by molar-refractivity contribution is 5.94. The van der Waals surface area contributed by atoms with E-state index in [0.717, 1.165) is 11.1 Å². The van der Waals surface area contributed by atoms with Crippen molar-refractivity contribution in [1.29, 1.82) is 0 Å². The number of aromatic nitrogens is 2. The maximum absolute atomic E-state index is 12.2. The smallest absolute Gasteiger partial charge is 0.312 e. The van der Waals surface area contributed by atoms with Crippen LogP contribution in [-0.2, 0) is 27.8 Å². The molecule has 0 aliphatic rings. The number of para-hydroxylation sites is 1. The molecule has 0 unspecified atom stereocenters. The van der Waals surface area contributed by atoms with Crippen molar-refractivity contribution in [1.82, 2.24) is 9.78 Å². The molecular weight excluding hydrogens is 358 g/mol. The Morgan fingerprint density at radius 1 is 1.04 bits per heavy atom. The Balaban J connectivity index is 1.67. The molecule has 7 nitrogen and oxygen atoms in total. The average Bonchev–Trinajstić information content (AvgIpc) is 2.67. The average molecular weight is 379 g/mol. The number of esters is 1. The summed E-state index contributed by atoms with van der Waals surface area (Å²) in [6.45, 7) is 3.40. The van der Waals surface area contributed by atoms with E-state index in [9.17, 15) is 14.4 Å². The fourth-order valence-corrected chi connectivity index (χ4v) is 3.03. The zero-order valence-electron chi connectivity index (χ0n) is 16.0. The van der Waals surface area contributed by atoms with Crippen molar-refractivity contribution in [2.45, 2.75) is 20.3 Å². The molecule has 3 rings (SSSR count). The summed E-state index contributed by atoms with van der Waals surface area (Å²) >= 11 is 0. The van der Waals surface area contributed by atoms with Gasteiger partial charge in [-0.15, -0.1) is 0 Å². The van der Waals surface area contributed by atoms with Gasteiger partial charge in [-0.2, -0.15) is 5.10 Å². The predicted molar refractivity (Wildman–Crippen MR) is 106 cm³/mol. The van der Waals surface area contributed by atoms with Crippen molar-refractivity contribution < 1.29 is 14.3 Å². The van der Waals surface area contributed by atoms with Gasteiger partial charge in [0.25, 0.3) is 11.5 Å². The van der Waals surface area contributed by atoms with Crippen LogP contribution in [0.25, 0.3) is 10.8 Å². The van der Waals surface area contributed by atoms with Crippen LogP contribution >= 0.6 is 0 Å². The minimum absolute atomic E-state index is 0.134. The van der Waals surface area contributed by atoms with E-state index in [1.807, 2.05) is 32.0 Å². The molecular formula is C21H21N3O4. The first-order valence-electron chi connectivity index (χ1n) is 8.83. The summed E-state index contributed by atoms with van der Waals surface area (Å²) in [4.78, 5) is 36.5. The molecule has 0 saturated carbocycles. The molecule has 0 atom stereocenters. The number of rotatable bonds is 5. The van der Waals surface area contributed by atoms with Gasteiger partial charge < -0.3 is 10.1 Å². The van der Waals surface area contributed by atoms with Crippen LogP contribution in [0.1, 0.15) is 16.8 Å². The lowest BCUT2D eigenvalue weighted by molar-refractivity contribution is -0.146. The normalized spacial score (nSPS) is 10.7. The van der Waals surface area contributed by atoms with Crippen LogP contribution in [0.5, 0.6) is 0 Å². The van der Waals surface area contributed by atoms with Gasteiger partial charge in [0.05, 0.1) is 17.5 Å². The van der Waals surface area contributed by atoms with E-state index in [1.165, 1.54) is 11.7 Å². The van der Waals surface area contributed by atoms with Gasteiger partial charge >= 0.3 is 5.97 Å². The number of hydrogen-bond acceptors (Lipinski definition) is 5. The highest BCUT2D eigenvalue weighted by atomic mass is 16.5. The number of nitrogens with one attached hydrogen (secondary N) is 1. The van der Waals surface area contributed by atoms with E-state index in [1.54, 1.807) is 24.3 Å². The molecule has 0 aliphatic heterocycles. The van der Waals surface area contributed by atoms with Crippen molar-refractivity contribution >= 4 is 28.3 Å². The molecule has 1 aromatic heterocycles. The number of benzene rings is 2. The molecule has 3 aromatic rings. The third-order valence-electron chi connectivity index (χ3n) is 4.45. The quantitative estimate of drug-likeness (QED) is 0.687. The molecule has 0 bridgehead atoms. The van der Waals surface area contributed by atoms with Crippen LogP contribution in [0.4, 0.5) is 5.69 Å². The maximum Gasteiger partial charge on any atom is 0.312 e. The zero-order chi connectivity index (χ0) is 20.3. The largest absolute Gasteiger partial charge is 0.455 e. The molecule has 1 amide bonds. The third kappa shape index (κ3) is 4.09. The third-order valence-corrected chi connectivity index (χ3v) is 4.45. The van der Waals surface area contributed by atoms with Gasteiger partial charge in [0.15, 0.2) is 6.61 Å². The molecule has 28 heavy (non-hydrogen) atoms. The highest BCUT2D eigenvalue weighted by Crippen LogP contribution is 2.19. The summed E-state index contributed by atoms with van der Waals surface area (Å²) in [5, 5.41) is 8.01. The second kappa shape index (κ2) is 8.04. The van der Waals surface area contributed by atoms with Crippen LogP contribution in [0.15, 0.2) is 47.3 Å². The highest BCUT2D eigenvalue weighted by Gasteiger charge is 2.15. The summed E-state index contributed by atoms with van der Waals surface area (Å²) in [5.41, 5.74) is 2.77. The zero-order valence-corrected chi connectivity index (χ0v) is 16.0. The molecule has 7 heteroatoms. The summed E-state index contributed by atoms with van der Waals surface area (Å²) < 4.78 is 6.29. The molecule has 1 heterocycles. The second-order valence-corrected chi connectivity index (χ2v) is 6.57. The number of nitrogens with zero attached hydrogens (tertiary/aromatic N) is 2. The lowest BCUT2D eigenvalue weighted by Crippen LogP contribution is -2.25. The SMILES string of the molecule is Cc1cccc(C)c1NC(=O)COC(=O)Cc1nn(C)c(=O)c2ccccc12. The van der Waals surface area contributed by atoms with E-state index in [-0.39, 0.29) is 12.0 Å². The van der Waals surface area contributed by atoms with E-state index >= 15 is 0 Å². The Labute approximate surface area is 161 Å². The number of carbonyl (C=O) groups is 2. The minimum atomic E-state index is -0.590. The number of hydrogen-bond donors (Lipinski definition) is 1. The Bertz CT molecular complexity index is 1100. The molecule has 2 aromatic carbocycles. The van der Waals surface area contributed by atoms with Crippen molar-refractivity contribution in [2.24, 2.45) is 7.05 Å². The Kier molecular flexibility index (Phi) is 5.54. The Hall–Kier alpha value is -3.48. The van der Waals surface area contributed by atoms with Crippen molar-refractivity contribution in [3.63, 3.8) is 0 Å². The Morgan fingerprint density at radius 3 is 2.36 bits per heavy atom. The fourth-order valence-electron chi connectivity index (χ4n) is 3.03. The molecule has 0 fully saturated rings. The van der Waals surface area contributed by atoms with Gasteiger partial charge in [-0.3, -0.25) is 14.4 Å². The topological polar surface area (TPSA) is 90.3 Å². The van der Waals surface area contributed by atoms with Crippen LogP contribution < -0.4 is 10.9 Å². The lowest BCUT2D eigenvalue weighted by atomic mass is 10.1. The van der Waals surface area contributed by atoms with Gasteiger partial charge in [-0.25, -0.2) is 4.68 Å². The van der Waals surface area contributed by atoms with E-state index in [2.05, 4.69) is 10.4 Å². The first-order chi connectivity index (χ1) is 13.4. The van der Waals surface area contributed by atoms with Gasteiger partial charge in [-0.05, 0) is 31.0 Å². The van der Waals surface area contributed by atoms with Crippen molar-refractivity contribution in [2.75, 3.05) is 11.9 Å². The van der Waals surface area contributed by atoms with Gasteiger partial charge in [0, 0.05) is 18.1 Å². The monoisotopic (exact) mass is 379 g/mol. The summed E-state index contributed by atoms with van der Waals surface area (Å²) in [6.07, 6.45) is -0.134. The van der Waals surface area contributed by atoms with Crippen molar-refractivity contribution in [3.05, 3.63) is 69.6 Å². The Morgan fingerprint density at radius 2 is 1.68 bits per heavy atom. The second-order valence-electron chi connectivity index (χ2n) is 6.57. The molecule has 144 valence electrons. The number of carbonyl (C=O) groups excluding carboxylic acids is 2. The number of fused-ring (bicyclic) bond motifs is 1. The minimum Gasteiger partial charge on any atom is -0.455 e. The molecule has 0 saturated heterocycles. The number of anilines is 1. The van der Waals surface area contributed by atoms with E-state index in [0.29, 0.717) is 22.2 Å². The van der Waals surface area contributed by atoms with E-state index in [4.69, 9.17) is 4.74 Å². The van der Waals surface area contributed by atoms with Crippen molar-refractivity contribution in [3.8, 4) is 0 Å². The predicted octanol–water partition coefficient (Wildman–Crippen LogP) is 2.27. The van der Waals surface area contributed by atoms with Crippen LogP contribution in [0.2, 0.25) is 0 Å². The molecule has 0 radical (unpaired) electrons. The molecule has 1 N–H and O–H groups in total. The standard InChI is InChI=1S/C21H21N3O4/c1-13-7-6-8-14(2)20(13)22-18(25)12-28-19(26)11-17-15-9-4-5-10-16(15)21(27)24(3)23-17/h4-10H,11-12H2,1-3H3,(H,22,25). The summed E-state index contributed by atoms with van der Waals surface area (Å²) in [6, 6.07) is 12.6. The molecule has 0 spiro atoms. The summed E-state index contributed by atoms with van der Waals surface area (Å²) in [7, 11) is 1.53. The number of aryl methyl sites for hydroxylation is 3. The number of amides is 1.